The third-order valence-electron chi connectivity index (χ3n) is 6.43. The molecule has 5 nitrogen and oxygen atoms in total. The van der Waals surface area contributed by atoms with E-state index in [9.17, 15) is 19.1 Å². The van der Waals surface area contributed by atoms with Crippen LogP contribution in [0.1, 0.15) is 29.7 Å². The number of benzene rings is 4. The highest BCUT2D eigenvalue weighted by Crippen LogP contribution is 2.43. The Hall–Kier alpha value is -4.16. The average molecular weight is 516 g/mol. The molecule has 1 N–H and O–H groups in total. The van der Waals surface area contributed by atoms with E-state index in [1.165, 1.54) is 17.0 Å². The second-order valence-electron chi connectivity index (χ2n) is 8.70. The van der Waals surface area contributed by atoms with Crippen LogP contribution in [0.4, 0.5) is 4.39 Å². The van der Waals surface area contributed by atoms with E-state index in [0.29, 0.717) is 23.5 Å². The number of fused-ring (bicyclic) bond motifs is 1. The van der Waals surface area contributed by atoms with Crippen LogP contribution in [0.2, 0.25) is 5.02 Å². The van der Waals surface area contributed by atoms with Crippen LogP contribution < -0.4 is 4.74 Å². The van der Waals surface area contributed by atoms with Crippen molar-refractivity contribution in [3.8, 4) is 5.75 Å². The molecule has 1 aliphatic heterocycles. The fourth-order valence-electron chi connectivity index (χ4n) is 4.73. The lowest BCUT2D eigenvalue weighted by atomic mass is 9.91. The Balaban J connectivity index is 1.73. The largest absolute Gasteiger partial charge is 0.507 e. The van der Waals surface area contributed by atoms with Crippen LogP contribution in [0.25, 0.3) is 16.5 Å². The molecule has 1 amide bonds. The number of Topliss-reactive ketones (excluding diaryl/α,β-unsaturated/α-hetero) is 1. The average Bonchev–Trinajstić information content (AvgIpc) is 3.15. The first-order chi connectivity index (χ1) is 17.9. The van der Waals surface area contributed by atoms with Crippen molar-refractivity contribution in [2.75, 3.05) is 6.61 Å². The summed E-state index contributed by atoms with van der Waals surface area (Å²) in [7, 11) is 0. The third-order valence-corrected chi connectivity index (χ3v) is 6.76. The predicted molar refractivity (Wildman–Crippen MR) is 141 cm³/mol. The fraction of sp³-hybridized carbons (Fsp3) is 0.133. The molecule has 5 rings (SSSR count). The number of hydrogen-bond donors (Lipinski definition) is 1. The second-order valence-corrected chi connectivity index (χ2v) is 9.10. The zero-order valence-corrected chi connectivity index (χ0v) is 20.7. The van der Waals surface area contributed by atoms with Gasteiger partial charge in [0.1, 0.15) is 17.3 Å². The van der Waals surface area contributed by atoms with Crippen LogP contribution in [0.5, 0.6) is 5.75 Å². The van der Waals surface area contributed by atoms with Gasteiger partial charge in [0.15, 0.2) is 0 Å². The molecule has 1 aliphatic rings. The van der Waals surface area contributed by atoms with E-state index in [1.807, 2.05) is 49.4 Å². The number of likely N-dealkylation sites (tertiary alicyclic amines) is 1. The molecule has 1 unspecified atom stereocenters. The van der Waals surface area contributed by atoms with Crippen LogP contribution >= 0.6 is 11.6 Å². The van der Waals surface area contributed by atoms with Crippen molar-refractivity contribution < 1.29 is 23.8 Å². The Morgan fingerprint density at radius 3 is 2.49 bits per heavy atom. The molecule has 0 aromatic heterocycles. The molecule has 4 aromatic carbocycles. The molecule has 0 aliphatic carbocycles. The van der Waals surface area contributed by atoms with Gasteiger partial charge in [0.05, 0.1) is 23.2 Å². The Kier molecular flexibility index (Phi) is 6.68. The quantitative estimate of drug-likeness (QED) is 0.177. The molecule has 1 heterocycles. The van der Waals surface area contributed by atoms with Crippen molar-refractivity contribution in [1.29, 1.82) is 0 Å². The summed E-state index contributed by atoms with van der Waals surface area (Å²) in [5, 5.41) is 13.5. The van der Waals surface area contributed by atoms with Crippen molar-refractivity contribution in [2.45, 2.75) is 19.5 Å². The topological polar surface area (TPSA) is 66.8 Å². The molecule has 0 spiro atoms. The van der Waals surface area contributed by atoms with E-state index in [2.05, 4.69) is 0 Å². The minimum atomic E-state index is -0.900. The highest BCUT2D eigenvalue weighted by Gasteiger charge is 2.46. The number of ether oxygens (including phenoxy) is 1. The minimum absolute atomic E-state index is 0.0439. The Labute approximate surface area is 218 Å². The van der Waals surface area contributed by atoms with Gasteiger partial charge in [0.25, 0.3) is 11.7 Å². The van der Waals surface area contributed by atoms with Gasteiger partial charge in [0.2, 0.25) is 0 Å². The summed E-state index contributed by atoms with van der Waals surface area (Å²) in [4.78, 5) is 28.3. The number of rotatable bonds is 6. The zero-order valence-electron chi connectivity index (χ0n) is 19.9. The molecule has 0 bridgehead atoms. The number of carbonyl (C=O) groups is 2. The van der Waals surface area contributed by atoms with E-state index in [-0.39, 0.29) is 28.5 Å². The first-order valence-electron chi connectivity index (χ1n) is 11.8. The van der Waals surface area contributed by atoms with Crippen molar-refractivity contribution in [2.24, 2.45) is 0 Å². The van der Waals surface area contributed by atoms with E-state index in [0.717, 1.165) is 10.8 Å². The van der Waals surface area contributed by atoms with Gasteiger partial charge < -0.3 is 14.7 Å². The number of carbonyl (C=O) groups excluding carboxylic acids is 2. The Bertz CT molecular complexity index is 1540. The molecule has 1 atom stereocenters. The number of amides is 1. The summed E-state index contributed by atoms with van der Waals surface area (Å²) < 4.78 is 19.1. The van der Waals surface area contributed by atoms with Crippen LogP contribution in [0, 0.1) is 5.82 Å². The maximum absolute atomic E-state index is 13.5. The van der Waals surface area contributed by atoms with Crippen LogP contribution in [0.3, 0.4) is 0 Å². The standard InChI is InChI=1S/C30H23ClFNO4/c1-2-37-21-14-15-25(31)24(16-21)28(34)26-27(23-9-5-7-19-6-3-4-8-22(19)23)33(30(36)29(26)35)17-18-10-12-20(32)13-11-18/h3-16,27,34H,2,17H2,1H3/b28-26+. The SMILES string of the molecule is CCOc1ccc(Cl)c(/C(O)=C2\C(=O)C(=O)N(Cc3ccc(F)cc3)C2c2cccc3ccccc23)c1. The molecule has 186 valence electrons. The van der Waals surface area contributed by atoms with Gasteiger partial charge >= 0.3 is 0 Å². The van der Waals surface area contributed by atoms with E-state index in [4.69, 9.17) is 16.3 Å². The molecule has 4 aromatic rings. The van der Waals surface area contributed by atoms with Gasteiger partial charge in [-0.1, -0.05) is 66.2 Å². The molecule has 1 saturated heterocycles. The van der Waals surface area contributed by atoms with Crippen LogP contribution in [0.15, 0.2) is 90.5 Å². The van der Waals surface area contributed by atoms with Crippen LogP contribution in [-0.2, 0) is 16.1 Å². The third kappa shape index (κ3) is 4.56. The lowest BCUT2D eigenvalue weighted by molar-refractivity contribution is -0.140. The first-order valence-corrected chi connectivity index (χ1v) is 12.2. The predicted octanol–water partition coefficient (Wildman–Crippen LogP) is 6.65. The summed E-state index contributed by atoms with van der Waals surface area (Å²) in [6.45, 7) is 2.28. The number of aliphatic hydroxyl groups excluding tert-OH is 1. The second kappa shape index (κ2) is 10.1. The summed E-state index contributed by atoms with van der Waals surface area (Å²) in [6, 6.07) is 22.9. The summed E-state index contributed by atoms with van der Waals surface area (Å²) in [5.41, 5.74) is 1.44. The Morgan fingerprint density at radius 2 is 1.73 bits per heavy atom. The highest BCUT2D eigenvalue weighted by molar-refractivity contribution is 6.47. The number of ketones is 1. The van der Waals surface area contributed by atoms with E-state index >= 15 is 0 Å². The molecule has 37 heavy (non-hydrogen) atoms. The summed E-state index contributed by atoms with van der Waals surface area (Å²) in [6.07, 6.45) is 0. The minimum Gasteiger partial charge on any atom is -0.507 e. The van der Waals surface area contributed by atoms with E-state index < -0.39 is 23.5 Å². The smallest absolute Gasteiger partial charge is 0.295 e. The number of nitrogens with zero attached hydrogens (tertiary/aromatic N) is 1. The Morgan fingerprint density at radius 1 is 1.00 bits per heavy atom. The van der Waals surface area contributed by atoms with Gasteiger partial charge in [-0.15, -0.1) is 0 Å². The van der Waals surface area contributed by atoms with Crippen molar-refractivity contribution in [1.82, 2.24) is 4.90 Å². The lowest BCUT2D eigenvalue weighted by Crippen LogP contribution is -2.29. The molecule has 1 fully saturated rings. The van der Waals surface area contributed by atoms with Crippen LogP contribution in [-0.4, -0.2) is 28.3 Å². The molecule has 0 radical (unpaired) electrons. The molecule has 0 saturated carbocycles. The van der Waals surface area contributed by atoms with Crippen molar-refractivity contribution in [3.63, 3.8) is 0 Å². The monoisotopic (exact) mass is 515 g/mol. The molecular formula is C30H23ClFNO4. The zero-order chi connectivity index (χ0) is 26.1. The van der Waals surface area contributed by atoms with Crippen molar-refractivity contribution in [3.05, 3.63) is 118 Å². The highest BCUT2D eigenvalue weighted by atomic mass is 35.5. The summed E-state index contributed by atoms with van der Waals surface area (Å²) in [5.74, 6) is -1.91. The fourth-order valence-corrected chi connectivity index (χ4v) is 4.94. The maximum Gasteiger partial charge on any atom is 0.295 e. The van der Waals surface area contributed by atoms with Gasteiger partial charge in [-0.3, -0.25) is 9.59 Å². The van der Waals surface area contributed by atoms with Gasteiger partial charge in [0, 0.05) is 12.1 Å². The maximum atomic E-state index is 13.5. The number of hydrogen-bond acceptors (Lipinski definition) is 4. The normalized spacial score (nSPS) is 16.9. The number of halogens is 2. The van der Waals surface area contributed by atoms with Crippen molar-refractivity contribution >= 4 is 39.8 Å². The number of aliphatic hydroxyl groups is 1. The molecule has 7 heteroatoms. The molecular weight excluding hydrogens is 493 g/mol. The van der Waals surface area contributed by atoms with Gasteiger partial charge in [-0.2, -0.15) is 0 Å². The summed E-state index contributed by atoms with van der Waals surface area (Å²) >= 11 is 6.43. The lowest BCUT2D eigenvalue weighted by Gasteiger charge is -2.26. The van der Waals surface area contributed by atoms with Gasteiger partial charge in [-0.25, -0.2) is 4.39 Å². The van der Waals surface area contributed by atoms with E-state index in [1.54, 1.807) is 30.3 Å². The van der Waals surface area contributed by atoms with Gasteiger partial charge in [-0.05, 0) is 59.2 Å². The first kappa shape index (κ1) is 24.5.